The van der Waals surface area contributed by atoms with E-state index in [2.05, 4.69) is 0 Å². The number of carbonyl (C=O) groups is 1. The van der Waals surface area contributed by atoms with Crippen molar-refractivity contribution in [2.24, 2.45) is 5.92 Å². The first-order valence-corrected chi connectivity index (χ1v) is 4.50. The molecule has 0 aromatic carbocycles. The van der Waals surface area contributed by atoms with Gasteiger partial charge in [-0.15, -0.1) is 0 Å². The number of rotatable bonds is 5. The number of ketones is 1. The van der Waals surface area contributed by atoms with Crippen LogP contribution in [0.2, 0.25) is 0 Å². The molecule has 3 nitrogen and oxygen atoms in total. The van der Waals surface area contributed by atoms with E-state index < -0.39 is 0 Å². The van der Waals surface area contributed by atoms with Gasteiger partial charge in [0.25, 0.3) is 0 Å². The number of hydrogen-bond donors (Lipinski definition) is 1. The number of carbonyl (C=O) groups excluding carboxylic acids is 1. The van der Waals surface area contributed by atoms with E-state index in [-0.39, 0.29) is 49.4 Å². The largest absolute Gasteiger partial charge is 0.509 e. The molecule has 0 saturated carbocycles. The summed E-state index contributed by atoms with van der Waals surface area (Å²) < 4.78 is 4.97. The number of hydrogen-bond acceptors (Lipinski definition) is 3. The van der Waals surface area contributed by atoms with Crippen LogP contribution in [0, 0.1) is 5.92 Å². The summed E-state index contributed by atoms with van der Waals surface area (Å²) in [5.74, 6) is -0.145. The Morgan fingerprint density at radius 3 is 2.29 bits per heavy atom. The van der Waals surface area contributed by atoms with Gasteiger partial charge in [0.15, 0.2) is 5.78 Å². The number of allylic oxidation sites excluding steroid dienone is 1. The predicted octanol–water partition coefficient (Wildman–Crippen LogP) is 2.08. The van der Waals surface area contributed by atoms with Crippen LogP contribution >= 0.6 is 0 Å². The summed E-state index contributed by atoms with van der Waals surface area (Å²) in [5.41, 5.74) is 0. The third-order valence-electron chi connectivity index (χ3n) is 1.84. The molecular formula is C10H18HfO3. The van der Waals surface area contributed by atoms with Crippen molar-refractivity contribution in [2.75, 3.05) is 7.11 Å². The summed E-state index contributed by atoms with van der Waals surface area (Å²) in [5, 5.41) is 9.44. The fourth-order valence-corrected chi connectivity index (χ4v) is 0.902. The van der Waals surface area contributed by atoms with E-state index in [0.29, 0.717) is 6.42 Å². The number of aliphatic hydroxyl groups excluding tert-OH is 1. The molecule has 0 aromatic heterocycles. The Morgan fingerprint density at radius 1 is 1.50 bits per heavy atom. The molecule has 0 saturated heterocycles. The number of methoxy groups -OCH3 is 1. The van der Waals surface area contributed by atoms with Gasteiger partial charge < -0.3 is 9.84 Å². The van der Waals surface area contributed by atoms with Crippen LogP contribution in [-0.4, -0.2) is 24.1 Å². The molecule has 0 aliphatic rings. The molecule has 80 valence electrons. The smallest absolute Gasteiger partial charge is 0.161 e. The van der Waals surface area contributed by atoms with Crippen LogP contribution in [-0.2, 0) is 35.4 Å². The molecule has 0 radical (unpaired) electrons. The normalized spacial score (nSPS) is 13.6. The molecule has 14 heavy (non-hydrogen) atoms. The summed E-state index contributed by atoms with van der Waals surface area (Å²) in [6, 6.07) is 0. The SMILES string of the molecule is CCC(OC)/C(O)=C/C(=O)C(C)C.[Hf]. The van der Waals surface area contributed by atoms with Crippen molar-refractivity contribution in [1.82, 2.24) is 0 Å². The van der Waals surface area contributed by atoms with Gasteiger partial charge in [0.05, 0.1) is 0 Å². The van der Waals surface area contributed by atoms with Crippen molar-refractivity contribution < 1.29 is 40.5 Å². The Hall–Kier alpha value is 0.0401. The first-order chi connectivity index (χ1) is 6.02. The Bertz CT molecular complexity index is 196. The van der Waals surface area contributed by atoms with Crippen molar-refractivity contribution in [3.8, 4) is 0 Å². The maximum Gasteiger partial charge on any atom is 0.161 e. The Morgan fingerprint density at radius 2 is 2.00 bits per heavy atom. The van der Waals surface area contributed by atoms with Gasteiger partial charge in [0.2, 0.25) is 0 Å². The van der Waals surface area contributed by atoms with E-state index in [9.17, 15) is 9.90 Å². The second-order valence-electron chi connectivity index (χ2n) is 3.26. The zero-order chi connectivity index (χ0) is 10.4. The second-order valence-corrected chi connectivity index (χ2v) is 3.26. The predicted molar refractivity (Wildman–Crippen MR) is 51.6 cm³/mol. The molecule has 4 heteroatoms. The molecule has 0 aliphatic carbocycles. The molecule has 1 unspecified atom stereocenters. The average Bonchev–Trinajstić information content (AvgIpc) is 2.06. The summed E-state index contributed by atoms with van der Waals surface area (Å²) >= 11 is 0. The van der Waals surface area contributed by atoms with E-state index in [1.54, 1.807) is 13.8 Å². The van der Waals surface area contributed by atoms with Crippen LogP contribution < -0.4 is 0 Å². The molecule has 0 bridgehead atoms. The summed E-state index contributed by atoms with van der Waals surface area (Å²) in [4.78, 5) is 11.2. The van der Waals surface area contributed by atoms with E-state index in [4.69, 9.17) is 4.74 Å². The number of aliphatic hydroxyl groups is 1. The molecule has 0 aromatic rings. The van der Waals surface area contributed by atoms with Crippen molar-refractivity contribution >= 4 is 5.78 Å². The summed E-state index contributed by atoms with van der Waals surface area (Å²) in [7, 11) is 1.51. The quantitative estimate of drug-likeness (QED) is 0.461. The first kappa shape index (κ1) is 16.5. The van der Waals surface area contributed by atoms with Crippen LogP contribution in [0.25, 0.3) is 0 Å². The van der Waals surface area contributed by atoms with Crippen LogP contribution in [0.1, 0.15) is 27.2 Å². The van der Waals surface area contributed by atoms with Crippen LogP contribution in [0.15, 0.2) is 11.8 Å². The third-order valence-corrected chi connectivity index (χ3v) is 1.84. The minimum absolute atomic E-state index is 0. The zero-order valence-corrected chi connectivity index (χ0v) is 12.8. The van der Waals surface area contributed by atoms with Gasteiger partial charge in [-0.2, -0.15) is 0 Å². The topological polar surface area (TPSA) is 46.5 Å². The van der Waals surface area contributed by atoms with E-state index in [1.165, 1.54) is 13.2 Å². The molecule has 0 aliphatic heterocycles. The Kier molecular flexibility index (Phi) is 9.83. The standard InChI is InChI=1S/C10H18O3.Hf/c1-5-10(13-4)9(12)6-8(11)7(2)3;/h6-7,10,12H,5H2,1-4H3;/b9-6-;. The van der Waals surface area contributed by atoms with E-state index >= 15 is 0 Å². The van der Waals surface area contributed by atoms with Crippen LogP contribution in [0.4, 0.5) is 0 Å². The fourth-order valence-electron chi connectivity index (χ4n) is 0.902. The van der Waals surface area contributed by atoms with Gasteiger partial charge in [-0.25, -0.2) is 0 Å². The van der Waals surface area contributed by atoms with Crippen molar-refractivity contribution in [2.45, 2.75) is 33.3 Å². The summed E-state index contributed by atoms with van der Waals surface area (Å²) in [6.45, 7) is 5.47. The molecule has 0 rings (SSSR count). The average molecular weight is 365 g/mol. The Labute approximate surface area is 104 Å². The van der Waals surface area contributed by atoms with Crippen molar-refractivity contribution in [3.63, 3.8) is 0 Å². The molecule has 0 spiro atoms. The van der Waals surface area contributed by atoms with Gasteiger partial charge in [0, 0.05) is 44.9 Å². The maximum atomic E-state index is 11.2. The zero-order valence-electron chi connectivity index (χ0n) is 9.20. The van der Waals surface area contributed by atoms with Gasteiger partial charge in [-0.05, 0) is 6.42 Å². The minimum Gasteiger partial charge on any atom is -0.509 e. The monoisotopic (exact) mass is 366 g/mol. The van der Waals surface area contributed by atoms with Gasteiger partial charge in [-0.1, -0.05) is 20.8 Å². The van der Waals surface area contributed by atoms with Gasteiger partial charge in [-0.3, -0.25) is 4.79 Å². The van der Waals surface area contributed by atoms with E-state index in [0.717, 1.165) is 0 Å². The number of ether oxygens (including phenoxy) is 1. The van der Waals surface area contributed by atoms with Crippen molar-refractivity contribution in [1.29, 1.82) is 0 Å². The second kappa shape index (κ2) is 8.36. The molecule has 0 heterocycles. The summed E-state index contributed by atoms with van der Waals surface area (Å²) in [6.07, 6.45) is 1.55. The van der Waals surface area contributed by atoms with E-state index in [1.807, 2.05) is 6.92 Å². The fraction of sp³-hybridized carbons (Fsp3) is 0.700. The van der Waals surface area contributed by atoms with Crippen LogP contribution in [0.5, 0.6) is 0 Å². The molecule has 1 N–H and O–H groups in total. The van der Waals surface area contributed by atoms with Crippen molar-refractivity contribution in [3.05, 3.63) is 11.8 Å². The Balaban J connectivity index is 0. The maximum absolute atomic E-state index is 11.2. The minimum atomic E-state index is -0.359. The molecule has 1 atom stereocenters. The molecule has 0 fully saturated rings. The van der Waals surface area contributed by atoms with Crippen LogP contribution in [0.3, 0.4) is 0 Å². The molecule has 0 amide bonds. The first-order valence-electron chi connectivity index (χ1n) is 4.50. The van der Waals surface area contributed by atoms with Gasteiger partial charge in [0.1, 0.15) is 11.9 Å². The molecular weight excluding hydrogens is 347 g/mol. The third kappa shape index (κ3) is 5.70. The van der Waals surface area contributed by atoms with Gasteiger partial charge >= 0.3 is 0 Å².